The van der Waals surface area contributed by atoms with E-state index in [0.29, 0.717) is 6.42 Å². The molecule has 0 N–H and O–H groups in total. The fourth-order valence-electron chi connectivity index (χ4n) is 1.33. The van der Waals surface area contributed by atoms with Crippen molar-refractivity contribution in [3.63, 3.8) is 0 Å². The van der Waals surface area contributed by atoms with Crippen molar-refractivity contribution in [1.29, 1.82) is 0 Å². The molecule has 0 rings (SSSR count). The van der Waals surface area contributed by atoms with Crippen molar-refractivity contribution >= 4 is 40.6 Å². The normalized spacial score (nSPS) is 11.3. The van der Waals surface area contributed by atoms with Gasteiger partial charge < -0.3 is 9.47 Å². The lowest BCUT2D eigenvalue weighted by atomic mass is 10.2. The molecule has 0 spiro atoms. The zero-order valence-corrected chi connectivity index (χ0v) is 15.0. The molecule has 0 saturated carbocycles. The average molecular weight is 411 g/mol. The van der Waals surface area contributed by atoms with Gasteiger partial charge in [-0.3, -0.25) is 9.59 Å². The van der Waals surface area contributed by atoms with Gasteiger partial charge in [-0.05, 0) is 37.7 Å². The molecule has 0 atom stereocenters. The second-order valence-electron chi connectivity index (χ2n) is 5.29. The maximum atomic E-state index is 12.1. The molecule has 0 aromatic heterocycles. The van der Waals surface area contributed by atoms with Crippen molar-refractivity contribution in [3.05, 3.63) is 10.2 Å². The molecule has 0 unspecified atom stereocenters. The zero-order chi connectivity index (χ0) is 16.5. The molecule has 7 heteroatoms. The first-order valence-electron chi connectivity index (χ1n) is 6.56. The summed E-state index contributed by atoms with van der Waals surface area (Å²) in [6, 6.07) is 0. The molecule has 0 fully saturated rings. The van der Waals surface area contributed by atoms with Crippen LogP contribution in [0.25, 0.3) is 0 Å². The van der Waals surface area contributed by atoms with Gasteiger partial charge in [-0.15, -0.1) is 0 Å². The number of amides is 2. The first-order chi connectivity index (χ1) is 9.71. The van der Waals surface area contributed by atoms with Gasteiger partial charge in [0.1, 0.15) is 12.1 Å². The minimum atomic E-state index is -0.831. The predicted molar refractivity (Wildman–Crippen MR) is 87.0 cm³/mol. The highest BCUT2D eigenvalue weighted by Crippen LogP contribution is 2.12. The Morgan fingerprint density at radius 3 is 2.33 bits per heavy atom. The molecule has 0 bridgehead atoms. The Balaban J connectivity index is 4.75. The van der Waals surface area contributed by atoms with Crippen LogP contribution in [0.1, 0.15) is 40.0 Å². The first kappa shape index (κ1) is 19.9. The van der Waals surface area contributed by atoms with Crippen LogP contribution in [0.3, 0.4) is 0 Å². The molecular formula is C14H22INO5. The van der Waals surface area contributed by atoms with Crippen molar-refractivity contribution in [2.75, 3.05) is 13.7 Å². The Hall–Kier alpha value is -1.12. The van der Waals surface area contributed by atoms with Crippen LogP contribution in [0.5, 0.6) is 0 Å². The summed E-state index contributed by atoms with van der Waals surface area (Å²) in [4.78, 5) is 36.2. The number of allylic oxidation sites excluding steroid dienone is 1. The topological polar surface area (TPSA) is 72.9 Å². The second-order valence-corrected chi connectivity index (χ2v) is 6.01. The number of nitrogens with zero attached hydrogens (tertiary/aromatic N) is 1. The van der Waals surface area contributed by atoms with Crippen LogP contribution in [0, 0.1) is 0 Å². The van der Waals surface area contributed by atoms with E-state index >= 15 is 0 Å². The first-order valence-corrected chi connectivity index (χ1v) is 7.81. The lowest BCUT2D eigenvalue weighted by Crippen LogP contribution is -2.43. The Labute approximate surface area is 139 Å². The number of methoxy groups -OCH3 is 1. The lowest BCUT2D eigenvalue weighted by Gasteiger charge is -2.25. The summed E-state index contributed by atoms with van der Waals surface area (Å²) in [5.74, 6) is -1.11. The van der Waals surface area contributed by atoms with Gasteiger partial charge in [0.2, 0.25) is 5.91 Å². The summed E-state index contributed by atoms with van der Waals surface area (Å²) in [6.45, 7) is 4.64. The molecule has 120 valence electrons. The number of carbonyl (C=O) groups excluding carboxylic acids is 3. The van der Waals surface area contributed by atoms with Gasteiger partial charge in [0, 0.05) is 6.42 Å². The monoisotopic (exact) mass is 411 g/mol. The van der Waals surface area contributed by atoms with E-state index < -0.39 is 30.1 Å². The quantitative estimate of drug-likeness (QED) is 0.382. The molecule has 0 heterocycles. The smallest absolute Gasteiger partial charge is 0.417 e. The second kappa shape index (κ2) is 9.75. The molecule has 2 amide bonds. The number of hydrogen-bond donors (Lipinski definition) is 0. The third-order valence-corrected chi connectivity index (χ3v) is 2.79. The van der Waals surface area contributed by atoms with Crippen LogP contribution in [-0.2, 0) is 19.1 Å². The van der Waals surface area contributed by atoms with Crippen LogP contribution in [0.2, 0.25) is 0 Å². The molecule has 21 heavy (non-hydrogen) atoms. The van der Waals surface area contributed by atoms with Gasteiger partial charge >= 0.3 is 12.1 Å². The summed E-state index contributed by atoms with van der Waals surface area (Å²) in [6.07, 6.45) is 2.58. The third-order valence-electron chi connectivity index (χ3n) is 2.28. The molecule has 0 aromatic rings. The molecular weight excluding hydrogens is 389 g/mol. The molecule has 0 saturated heterocycles. The molecule has 0 radical (unpaired) electrons. The number of carbonyl (C=O) groups is 3. The lowest BCUT2D eigenvalue weighted by molar-refractivity contribution is -0.146. The maximum Gasteiger partial charge on any atom is 0.417 e. The van der Waals surface area contributed by atoms with E-state index in [9.17, 15) is 14.4 Å². The van der Waals surface area contributed by atoms with Gasteiger partial charge in [-0.25, -0.2) is 9.69 Å². The van der Waals surface area contributed by atoms with Crippen molar-refractivity contribution in [1.82, 2.24) is 4.90 Å². The van der Waals surface area contributed by atoms with Crippen LogP contribution in [0.15, 0.2) is 10.2 Å². The maximum absolute atomic E-state index is 12.1. The zero-order valence-electron chi connectivity index (χ0n) is 12.8. The molecule has 0 aromatic carbocycles. The largest absolute Gasteiger partial charge is 0.468 e. The van der Waals surface area contributed by atoms with Crippen molar-refractivity contribution in [2.24, 2.45) is 0 Å². The summed E-state index contributed by atoms with van der Waals surface area (Å²) < 4.78 is 11.5. The number of imide groups is 1. The summed E-state index contributed by atoms with van der Waals surface area (Å²) in [5.41, 5.74) is -0.740. The van der Waals surface area contributed by atoms with E-state index in [-0.39, 0.29) is 6.42 Å². The molecule has 0 aliphatic carbocycles. The van der Waals surface area contributed by atoms with E-state index in [1.54, 1.807) is 20.8 Å². The fraction of sp³-hybridized carbons (Fsp3) is 0.643. The number of ether oxygens (including phenoxy) is 2. The standard InChI is InChI=1S/C14H22INO5/c1-14(2,3)21-13(19)16(10-12(18)20-4)11(17)8-6-5-7-9-15/h7,9H,5-6,8,10H2,1-4H3/b9-7-. The Morgan fingerprint density at radius 1 is 1.24 bits per heavy atom. The number of unbranched alkanes of at least 4 members (excludes halogenated alkanes) is 1. The van der Waals surface area contributed by atoms with Gasteiger partial charge in [-0.1, -0.05) is 28.7 Å². The van der Waals surface area contributed by atoms with Gasteiger partial charge in [0.15, 0.2) is 0 Å². The van der Waals surface area contributed by atoms with Crippen LogP contribution in [-0.4, -0.2) is 42.1 Å². The molecule has 0 aliphatic rings. The summed E-state index contributed by atoms with van der Waals surface area (Å²) in [5, 5.41) is 0. The third kappa shape index (κ3) is 9.43. The van der Waals surface area contributed by atoms with Crippen LogP contribution < -0.4 is 0 Å². The van der Waals surface area contributed by atoms with E-state index in [4.69, 9.17) is 4.74 Å². The number of rotatable bonds is 6. The Morgan fingerprint density at radius 2 is 1.86 bits per heavy atom. The minimum Gasteiger partial charge on any atom is -0.468 e. The van der Waals surface area contributed by atoms with Crippen molar-refractivity contribution in [2.45, 2.75) is 45.6 Å². The molecule has 6 nitrogen and oxygen atoms in total. The number of halogens is 1. The predicted octanol–water partition coefficient (Wildman–Crippen LogP) is 3.04. The highest BCUT2D eigenvalue weighted by atomic mass is 127. The minimum absolute atomic E-state index is 0.164. The highest BCUT2D eigenvalue weighted by Gasteiger charge is 2.28. The van der Waals surface area contributed by atoms with Crippen LogP contribution in [0.4, 0.5) is 4.79 Å². The van der Waals surface area contributed by atoms with E-state index in [1.165, 1.54) is 7.11 Å². The SMILES string of the molecule is COC(=O)CN(C(=O)CCC/C=C\I)C(=O)OC(C)(C)C. The Bertz CT molecular complexity index is 401. The van der Waals surface area contributed by atoms with Crippen LogP contribution >= 0.6 is 22.6 Å². The van der Waals surface area contributed by atoms with Gasteiger partial charge in [0.05, 0.1) is 7.11 Å². The van der Waals surface area contributed by atoms with Gasteiger partial charge in [-0.2, -0.15) is 0 Å². The van der Waals surface area contributed by atoms with E-state index in [0.717, 1.165) is 11.3 Å². The van der Waals surface area contributed by atoms with Crippen molar-refractivity contribution < 1.29 is 23.9 Å². The average Bonchev–Trinajstić information content (AvgIpc) is 2.38. The van der Waals surface area contributed by atoms with E-state index in [1.807, 2.05) is 10.2 Å². The Kier molecular flexibility index (Phi) is 9.23. The molecule has 0 aliphatic heterocycles. The highest BCUT2D eigenvalue weighted by molar-refractivity contribution is 14.1. The summed E-state index contributed by atoms with van der Waals surface area (Å²) >= 11 is 2.09. The number of esters is 1. The number of hydrogen-bond acceptors (Lipinski definition) is 5. The van der Waals surface area contributed by atoms with Crippen molar-refractivity contribution in [3.8, 4) is 0 Å². The van der Waals surface area contributed by atoms with E-state index in [2.05, 4.69) is 27.3 Å². The summed E-state index contributed by atoms with van der Waals surface area (Å²) in [7, 11) is 1.20. The fourth-order valence-corrected chi connectivity index (χ4v) is 1.69. The van der Waals surface area contributed by atoms with Gasteiger partial charge in [0.25, 0.3) is 0 Å².